The number of sulfonamides is 1. The fourth-order valence-corrected chi connectivity index (χ4v) is 3.58. The molecule has 0 aliphatic carbocycles. The summed E-state index contributed by atoms with van der Waals surface area (Å²) in [6.07, 6.45) is 0.481. The number of hydrogen-bond acceptors (Lipinski definition) is 4. The van der Waals surface area contributed by atoms with Crippen LogP contribution in [0.1, 0.15) is 34.1 Å². The molecule has 0 aromatic rings. The minimum Gasteiger partial charge on any atom is -0.294 e. The minimum absolute atomic E-state index is 0.0542. The highest BCUT2D eigenvalue weighted by Crippen LogP contribution is 2.21. The smallest absolute Gasteiger partial charge is 0.244 e. The third kappa shape index (κ3) is 3.78. The second kappa shape index (κ2) is 4.97. The van der Waals surface area contributed by atoms with Crippen LogP contribution in [-0.4, -0.2) is 42.9 Å². The molecule has 1 N–H and O–H groups in total. The van der Waals surface area contributed by atoms with Gasteiger partial charge in [0.15, 0.2) is 0 Å². The van der Waals surface area contributed by atoms with Gasteiger partial charge in [0, 0.05) is 0 Å². The average molecular weight is 276 g/mol. The molecule has 1 atom stereocenters. The Labute approximate surface area is 108 Å². The molecule has 0 spiro atoms. The van der Waals surface area contributed by atoms with Crippen LogP contribution in [0, 0.1) is 5.41 Å². The van der Waals surface area contributed by atoms with Crippen LogP contribution in [0.15, 0.2) is 0 Å². The van der Waals surface area contributed by atoms with E-state index in [1.807, 2.05) is 20.8 Å². The highest BCUT2D eigenvalue weighted by Gasteiger charge is 2.38. The van der Waals surface area contributed by atoms with Crippen molar-refractivity contribution in [1.29, 1.82) is 0 Å². The molecular weight excluding hydrogens is 256 g/mol. The van der Waals surface area contributed by atoms with E-state index < -0.39 is 27.9 Å². The molecule has 1 aliphatic heterocycles. The number of piperazine rings is 1. The Balaban J connectivity index is 2.83. The second-order valence-corrected chi connectivity index (χ2v) is 7.80. The number of rotatable bonds is 3. The van der Waals surface area contributed by atoms with Gasteiger partial charge in [0.2, 0.25) is 21.8 Å². The van der Waals surface area contributed by atoms with E-state index in [0.717, 1.165) is 4.31 Å². The SMILES string of the molecule is CC1C(=O)NC(=O)CN1S(=O)(=O)CCC(C)(C)C. The van der Waals surface area contributed by atoms with Crippen molar-refractivity contribution in [2.45, 2.75) is 40.2 Å². The Morgan fingerprint density at radius 3 is 2.39 bits per heavy atom. The van der Waals surface area contributed by atoms with E-state index in [4.69, 9.17) is 0 Å². The zero-order chi connectivity index (χ0) is 14.1. The highest BCUT2D eigenvalue weighted by atomic mass is 32.2. The van der Waals surface area contributed by atoms with Crippen LogP contribution in [0.5, 0.6) is 0 Å². The number of carbonyl (C=O) groups is 2. The van der Waals surface area contributed by atoms with E-state index in [1.54, 1.807) is 0 Å². The van der Waals surface area contributed by atoms with Crippen LogP contribution in [-0.2, 0) is 19.6 Å². The molecule has 1 aliphatic rings. The molecule has 0 aromatic carbocycles. The lowest BCUT2D eigenvalue weighted by Crippen LogP contribution is -2.58. The normalized spacial score (nSPS) is 23.0. The number of amides is 2. The van der Waals surface area contributed by atoms with Crippen molar-refractivity contribution in [3.05, 3.63) is 0 Å². The van der Waals surface area contributed by atoms with Crippen molar-refractivity contribution in [3.63, 3.8) is 0 Å². The standard InChI is InChI=1S/C11H20N2O4S/c1-8-10(15)12-9(14)7-13(8)18(16,17)6-5-11(2,3)4/h8H,5-7H2,1-4H3,(H,12,14,15). The number of nitrogens with zero attached hydrogens (tertiary/aromatic N) is 1. The Morgan fingerprint density at radius 1 is 1.33 bits per heavy atom. The third-order valence-electron chi connectivity index (χ3n) is 2.84. The first-order valence-corrected chi connectivity index (χ1v) is 7.47. The van der Waals surface area contributed by atoms with Crippen molar-refractivity contribution >= 4 is 21.8 Å². The first-order chi connectivity index (χ1) is 8.03. The maximum absolute atomic E-state index is 12.1. The van der Waals surface area contributed by atoms with E-state index in [2.05, 4.69) is 5.32 Å². The van der Waals surface area contributed by atoms with Gasteiger partial charge in [0.1, 0.15) is 6.04 Å². The molecule has 104 valence electrons. The van der Waals surface area contributed by atoms with E-state index >= 15 is 0 Å². The van der Waals surface area contributed by atoms with Gasteiger partial charge < -0.3 is 0 Å². The van der Waals surface area contributed by atoms with Gasteiger partial charge in [0.25, 0.3) is 0 Å². The summed E-state index contributed by atoms with van der Waals surface area (Å²) in [6.45, 7) is 7.04. The van der Waals surface area contributed by atoms with E-state index in [9.17, 15) is 18.0 Å². The molecule has 0 saturated carbocycles. The Kier molecular flexibility index (Phi) is 4.17. The van der Waals surface area contributed by atoms with Crippen LogP contribution in [0.4, 0.5) is 0 Å². The Hall–Kier alpha value is -0.950. The molecule has 1 saturated heterocycles. The van der Waals surface area contributed by atoms with Crippen molar-refractivity contribution in [3.8, 4) is 0 Å². The van der Waals surface area contributed by atoms with Crippen LogP contribution < -0.4 is 5.32 Å². The number of imide groups is 1. The van der Waals surface area contributed by atoms with Gasteiger partial charge >= 0.3 is 0 Å². The topological polar surface area (TPSA) is 83.6 Å². The summed E-state index contributed by atoms with van der Waals surface area (Å²) in [6, 6.07) is -0.826. The van der Waals surface area contributed by atoms with Gasteiger partial charge in [0.05, 0.1) is 12.3 Å². The molecule has 6 nitrogen and oxygen atoms in total. The molecule has 0 aromatic heterocycles. The lowest BCUT2D eigenvalue weighted by atomic mass is 9.94. The van der Waals surface area contributed by atoms with Gasteiger partial charge in [-0.05, 0) is 18.8 Å². The first kappa shape index (κ1) is 15.1. The lowest BCUT2D eigenvalue weighted by Gasteiger charge is -2.31. The van der Waals surface area contributed by atoms with Gasteiger partial charge in [-0.15, -0.1) is 0 Å². The second-order valence-electron chi connectivity index (χ2n) is 5.76. The molecule has 2 amide bonds. The van der Waals surface area contributed by atoms with Gasteiger partial charge in [-0.2, -0.15) is 4.31 Å². The van der Waals surface area contributed by atoms with Crippen molar-refractivity contribution in [2.24, 2.45) is 5.41 Å². The van der Waals surface area contributed by atoms with Gasteiger partial charge in [-0.25, -0.2) is 8.42 Å². The predicted molar refractivity (Wildman–Crippen MR) is 67.2 cm³/mol. The van der Waals surface area contributed by atoms with Crippen LogP contribution in [0.25, 0.3) is 0 Å². The molecule has 7 heteroatoms. The molecular formula is C11H20N2O4S. The van der Waals surface area contributed by atoms with Gasteiger partial charge in [-0.1, -0.05) is 20.8 Å². The summed E-state index contributed by atoms with van der Waals surface area (Å²) < 4.78 is 25.2. The number of nitrogens with one attached hydrogen (secondary N) is 1. The molecule has 0 bridgehead atoms. The lowest BCUT2D eigenvalue weighted by molar-refractivity contribution is -0.136. The van der Waals surface area contributed by atoms with Crippen molar-refractivity contribution in [1.82, 2.24) is 9.62 Å². The van der Waals surface area contributed by atoms with E-state index in [-0.39, 0.29) is 17.7 Å². The molecule has 0 radical (unpaired) electrons. The number of carbonyl (C=O) groups excluding carboxylic acids is 2. The third-order valence-corrected chi connectivity index (χ3v) is 4.72. The zero-order valence-electron chi connectivity index (χ0n) is 11.2. The monoisotopic (exact) mass is 276 g/mol. The fourth-order valence-electron chi connectivity index (χ4n) is 1.58. The summed E-state index contributed by atoms with van der Waals surface area (Å²) in [5.74, 6) is -1.19. The van der Waals surface area contributed by atoms with Crippen LogP contribution in [0.3, 0.4) is 0 Å². The maximum Gasteiger partial charge on any atom is 0.244 e. The largest absolute Gasteiger partial charge is 0.294 e. The minimum atomic E-state index is -3.58. The molecule has 1 heterocycles. The van der Waals surface area contributed by atoms with Crippen molar-refractivity contribution in [2.75, 3.05) is 12.3 Å². The highest BCUT2D eigenvalue weighted by molar-refractivity contribution is 7.89. The van der Waals surface area contributed by atoms with Crippen molar-refractivity contribution < 1.29 is 18.0 Å². The predicted octanol–water partition coefficient (Wildman–Crippen LogP) is 0.0993. The summed E-state index contributed by atoms with van der Waals surface area (Å²) >= 11 is 0. The summed E-state index contributed by atoms with van der Waals surface area (Å²) in [4.78, 5) is 22.7. The van der Waals surface area contributed by atoms with E-state index in [1.165, 1.54) is 6.92 Å². The molecule has 1 unspecified atom stereocenters. The fraction of sp³-hybridized carbons (Fsp3) is 0.818. The van der Waals surface area contributed by atoms with Gasteiger partial charge in [-0.3, -0.25) is 14.9 Å². The summed E-state index contributed by atoms with van der Waals surface area (Å²) in [5.41, 5.74) is -0.113. The van der Waals surface area contributed by atoms with E-state index in [0.29, 0.717) is 6.42 Å². The molecule has 1 rings (SSSR count). The summed E-state index contributed by atoms with van der Waals surface area (Å²) in [7, 11) is -3.58. The zero-order valence-corrected chi connectivity index (χ0v) is 12.0. The van der Waals surface area contributed by atoms with Crippen LogP contribution >= 0.6 is 0 Å². The summed E-state index contributed by atoms with van der Waals surface area (Å²) in [5, 5.41) is 2.12. The van der Waals surface area contributed by atoms with Crippen LogP contribution in [0.2, 0.25) is 0 Å². The Morgan fingerprint density at radius 2 is 1.89 bits per heavy atom. The maximum atomic E-state index is 12.1. The quantitative estimate of drug-likeness (QED) is 0.741. The molecule has 18 heavy (non-hydrogen) atoms. The average Bonchev–Trinajstić information content (AvgIpc) is 2.19. The molecule has 1 fully saturated rings. The Bertz CT molecular complexity index is 450. The first-order valence-electron chi connectivity index (χ1n) is 5.86. The number of hydrogen-bond donors (Lipinski definition) is 1.